The Bertz CT molecular complexity index is 666. The van der Waals surface area contributed by atoms with Gasteiger partial charge in [-0.1, -0.05) is 6.08 Å². The van der Waals surface area contributed by atoms with Gasteiger partial charge in [0.15, 0.2) is 0 Å². The minimum atomic E-state index is -4.14. The predicted molar refractivity (Wildman–Crippen MR) is 85.4 cm³/mol. The summed E-state index contributed by atoms with van der Waals surface area (Å²) in [5.74, 6) is -1.31. The van der Waals surface area contributed by atoms with Gasteiger partial charge in [0, 0.05) is 5.92 Å². The van der Waals surface area contributed by atoms with Crippen LogP contribution in [0.2, 0.25) is 0 Å². The fraction of sp³-hybridized carbons (Fsp3) is 0.733. The Morgan fingerprint density at radius 2 is 1.96 bits per heavy atom. The Morgan fingerprint density at radius 3 is 2.33 bits per heavy atom. The molecule has 0 bridgehead atoms. The van der Waals surface area contributed by atoms with Crippen molar-refractivity contribution in [2.45, 2.75) is 55.9 Å². The van der Waals surface area contributed by atoms with Crippen molar-refractivity contribution >= 4 is 22.0 Å². The van der Waals surface area contributed by atoms with Crippen molar-refractivity contribution in [2.24, 2.45) is 5.92 Å². The third kappa shape index (κ3) is 3.40. The molecule has 0 heterocycles. The average Bonchev–Trinajstić information content (AvgIpc) is 3.30. The lowest BCUT2D eigenvalue weighted by molar-refractivity contribution is -0.122. The second kappa shape index (κ2) is 5.72. The highest BCUT2D eigenvalue weighted by Gasteiger charge is 2.63. The highest BCUT2D eigenvalue weighted by Crippen LogP contribution is 2.47. The number of rotatable bonds is 6. The van der Waals surface area contributed by atoms with E-state index in [0.29, 0.717) is 0 Å². The SMILES string of the molecule is C=CC1CC1(NC(=O)OC(C)(C)C)C(=O)NS(=O)(=O)C1(CF)CC1. The zero-order valence-electron chi connectivity index (χ0n) is 14.0. The lowest BCUT2D eigenvalue weighted by atomic mass is 10.2. The summed E-state index contributed by atoms with van der Waals surface area (Å²) in [4.78, 5) is 24.4. The van der Waals surface area contributed by atoms with Gasteiger partial charge in [-0.2, -0.15) is 0 Å². The monoisotopic (exact) mass is 362 g/mol. The van der Waals surface area contributed by atoms with Crippen LogP contribution in [-0.2, 0) is 19.6 Å². The molecule has 2 unspecified atom stereocenters. The summed E-state index contributed by atoms with van der Waals surface area (Å²) in [6.07, 6.45) is 1.18. The summed E-state index contributed by atoms with van der Waals surface area (Å²) >= 11 is 0. The van der Waals surface area contributed by atoms with Crippen LogP contribution in [0.3, 0.4) is 0 Å². The van der Waals surface area contributed by atoms with Gasteiger partial charge < -0.3 is 10.1 Å². The molecule has 2 aliphatic carbocycles. The number of hydrogen-bond donors (Lipinski definition) is 2. The Morgan fingerprint density at radius 1 is 1.38 bits per heavy atom. The van der Waals surface area contributed by atoms with Crippen LogP contribution in [0.1, 0.15) is 40.0 Å². The molecular formula is C15H23FN2O5S. The average molecular weight is 362 g/mol. The molecule has 24 heavy (non-hydrogen) atoms. The van der Waals surface area contributed by atoms with Crippen molar-refractivity contribution in [3.05, 3.63) is 12.7 Å². The van der Waals surface area contributed by atoms with Crippen molar-refractivity contribution in [1.82, 2.24) is 10.0 Å². The second-order valence-electron chi connectivity index (χ2n) is 7.40. The molecule has 0 saturated heterocycles. The third-order valence-electron chi connectivity index (χ3n) is 4.28. The van der Waals surface area contributed by atoms with Gasteiger partial charge in [-0.15, -0.1) is 6.58 Å². The number of nitrogens with one attached hydrogen (secondary N) is 2. The van der Waals surface area contributed by atoms with Gasteiger partial charge in [-0.25, -0.2) is 17.6 Å². The quantitative estimate of drug-likeness (QED) is 0.696. The third-order valence-corrected chi connectivity index (χ3v) is 6.39. The normalized spacial score (nSPS) is 27.8. The van der Waals surface area contributed by atoms with Gasteiger partial charge in [-0.3, -0.25) is 9.52 Å². The van der Waals surface area contributed by atoms with E-state index in [-0.39, 0.29) is 19.3 Å². The minimum Gasteiger partial charge on any atom is -0.444 e. The summed E-state index contributed by atoms with van der Waals surface area (Å²) < 4.78 is 42.9. The topological polar surface area (TPSA) is 102 Å². The summed E-state index contributed by atoms with van der Waals surface area (Å²) in [6, 6.07) is 0. The molecule has 2 saturated carbocycles. The van der Waals surface area contributed by atoms with Crippen LogP contribution in [0, 0.1) is 5.92 Å². The van der Waals surface area contributed by atoms with E-state index in [2.05, 4.69) is 11.9 Å². The van der Waals surface area contributed by atoms with Gasteiger partial charge in [0.05, 0.1) is 0 Å². The van der Waals surface area contributed by atoms with Gasteiger partial charge in [0.2, 0.25) is 10.0 Å². The highest BCUT2D eigenvalue weighted by atomic mass is 32.2. The van der Waals surface area contributed by atoms with Gasteiger partial charge in [-0.05, 0) is 40.0 Å². The molecule has 2 aliphatic rings. The van der Waals surface area contributed by atoms with E-state index in [9.17, 15) is 22.4 Å². The van der Waals surface area contributed by atoms with Crippen LogP contribution in [0.5, 0.6) is 0 Å². The van der Waals surface area contributed by atoms with Crippen LogP contribution in [-0.4, -0.2) is 43.0 Å². The summed E-state index contributed by atoms with van der Waals surface area (Å²) in [5, 5.41) is 2.43. The number of hydrogen-bond acceptors (Lipinski definition) is 5. The maximum Gasteiger partial charge on any atom is 0.408 e. The molecular weight excluding hydrogens is 339 g/mol. The zero-order chi connectivity index (χ0) is 18.4. The van der Waals surface area contributed by atoms with Gasteiger partial charge in [0.1, 0.15) is 22.6 Å². The van der Waals surface area contributed by atoms with Crippen molar-refractivity contribution in [1.29, 1.82) is 0 Å². The number of carbonyl (C=O) groups is 2. The molecule has 2 atom stereocenters. The molecule has 2 rings (SSSR count). The maximum absolute atomic E-state index is 13.0. The van der Waals surface area contributed by atoms with Crippen molar-refractivity contribution in [3.8, 4) is 0 Å². The molecule has 136 valence electrons. The molecule has 0 spiro atoms. The van der Waals surface area contributed by atoms with Crippen LogP contribution in [0.4, 0.5) is 9.18 Å². The first-order valence-corrected chi connectivity index (χ1v) is 9.16. The number of alkyl carbamates (subject to hydrolysis) is 1. The van der Waals surface area contributed by atoms with E-state index < -0.39 is 50.5 Å². The van der Waals surface area contributed by atoms with E-state index >= 15 is 0 Å². The highest BCUT2D eigenvalue weighted by molar-refractivity contribution is 7.91. The van der Waals surface area contributed by atoms with E-state index in [1.165, 1.54) is 6.08 Å². The van der Waals surface area contributed by atoms with Gasteiger partial charge >= 0.3 is 6.09 Å². The Labute approximate surface area is 141 Å². The number of alkyl halides is 1. The summed E-state index contributed by atoms with van der Waals surface area (Å²) in [7, 11) is -4.14. The lowest BCUT2D eigenvalue weighted by Crippen LogP contribution is -2.54. The smallest absolute Gasteiger partial charge is 0.408 e. The first-order valence-electron chi connectivity index (χ1n) is 7.68. The molecule has 9 heteroatoms. The Kier molecular flexibility index (Phi) is 4.45. The summed E-state index contributed by atoms with van der Waals surface area (Å²) in [6.45, 7) is 7.53. The number of amides is 2. The second-order valence-corrected chi connectivity index (χ2v) is 9.47. The van der Waals surface area contributed by atoms with E-state index in [1.807, 2.05) is 4.72 Å². The van der Waals surface area contributed by atoms with E-state index in [1.54, 1.807) is 20.8 Å². The van der Waals surface area contributed by atoms with Crippen LogP contribution in [0.15, 0.2) is 12.7 Å². The fourth-order valence-corrected chi connectivity index (χ4v) is 3.88. The van der Waals surface area contributed by atoms with E-state index in [0.717, 1.165) is 0 Å². The molecule has 0 aliphatic heterocycles. The number of sulfonamides is 1. The van der Waals surface area contributed by atoms with Crippen LogP contribution < -0.4 is 10.0 Å². The minimum absolute atomic E-state index is 0.170. The largest absolute Gasteiger partial charge is 0.444 e. The first-order chi connectivity index (χ1) is 10.9. The summed E-state index contributed by atoms with van der Waals surface area (Å²) in [5.41, 5.74) is -2.19. The standard InChI is InChI=1S/C15H23FN2O5S/c1-5-10-8-15(10,17-12(20)23-13(2,3)4)11(19)18-24(21,22)14(9-16)6-7-14/h5,10H,1,6-9H2,2-4H3,(H,17,20)(H,18,19). The molecule has 2 amide bonds. The van der Waals surface area contributed by atoms with E-state index in [4.69, 9.17) is 4.74 Å². The van der Waals surface area contributed by atoms with Crippen molar-refractivity contribution < 1.29 is 27.1 Å². The first kappa shape index (κ1) is 18.7. The molecule has 0 aromatic carbocycles. The van der Waals surface area contributed by atoms with Crippen molar-refractivity contribution in [2.75, 3.05) is 6.67 Å². The van der Waals surface area contributed by atoms with Crippen LogP contribution >= 0.6 is 0 Å². The maximum atomic E-state index is 13.0. The molecule has 7 nitrogen and oxygen atoms in total. The number of halogens is 1. The predicted octanol–water partition coefficient (Wildman–Crippen LogP) is 1.40. The molecule has 2 N–H and O–H groups in total. The Balaban J connectivity index is 2.12. The van der Waals surface area contributed by atoms with Crippen molar-refractivity contribution in [3.63, 3.8) is 0 Å². The Hall–Kier alpha value is -1.64. The molecule has 2 fully saturated rings. The number of ether oxygens (including phenoxy) is 1. The molecule has 0 aromatic heterocycles. The number of carbonyl (C=O) groups excluding carboxylic acids is 2. The zero-order valence-corrected chi connectivity index (χ0v) is 14.8. The lowest BCUT2D eigenvalue weighted by Gasteiger charge is -2.24. The molecule has 0 aromatic rings. The van der Waals surface area contributed by atoms with Crippen LogP contribution in [0.25, 0.3) is 0 Å². The fourth-order valence-electron chi connectivity index (χ4n) is 2.45. The van der Waals surface area contributed by atoms with Gasteiger partial charge in [0.25, 0.3) is 5.91 Å². The molecule has 0 radical (unpaired) electrons.